The molecule has 1 aliphatic carbocycles. The van der Waals surface area contributed by atoms with Gasteiger partial charge in [-0.2, -0.15) is 5.10 Å². The Morgan fingerprint density at radius 1 is 1.20 bits per heavy atom. The lowest BCUT2D eigenvalue weighted by molar-refractivity contribution is 0.397. The molecule has 0 saturated heterocycles. The first kappa shape index (κ1) is 20.2. The Labute approximate surface area is 174 Å². The molecule has 4 rings (SSSR count). The van der Waals surface area contributed by atoms with Crippen molar-refractivity contribution in [2.45, 2.75) is 44.2 Å². The van der Waals surface area contributed by atoms with Gasteiger partial charge < -0.3 is 15.4 Å². The molecule has 1 saturated carbocycles. The monoisotopic (exact) mass is 411 g/mol. The topological polar surface area (TPSA) is 106 Å². The number of nitrogens with zero attached hydrogens (tertiary/aromatic N) is 5. The van der Waals surface area contributed by atoms with Crippen LogP contribution in [0, 0.1) is 5.82 Å². The summed E-state index contributed by atoms with van der Waals surface area (Å²) in [5.41, 5.74) is 7.85. The van der Waals surface area contributed by atoms with E-state index in [9.17, 15) is 4.39 Å². The highest BCUT2D eigenvalue weighted by Crippen LogP contribution is 2.33. The number of anilines is 1. The Morgan fingerprint density at radius 3 is 2.73 bits per heavy atom. The van der Waals surface area contributed by atoms with E-state index in [0.29, 0.717) is 23.0 Å². The number of pyridine rings is 1. The van der Waals surface area contributed by atoms with Crippen LogP contribution in [-0.4, -0.2) is 51.6 Å². The van der Waals surface area contributed by atoms with Gasteiger partial charge in [0.15, 0.2) is 5.82 Å². The van der Waals surface area contributed by atoms with E-state index >= 15 is 0 Å². The Morgan fingerprint density at radius 2 is 2.03 bits per heavy atom. The average molecular weight is 411 g/mol. The van der Waals surface area contributed by atoms with E-state index in [4.69, 9.17) is 10.5 Å². The van der Waals surface area contributed by atoms with Crippen molar-refractivity contribution in [3.63, 3.8) is 0 Å². The number of methoxy groups -OCH3 is 1. The molecule has 0 bridgehead atoms. The van der Waals surface area contributed by atoms with E-state index in [0.717, 1.165) is 25.1 Å². The summed E-state index contributed by atoms with van der Waals surface area (Å²) >= 11 is 0. The largest absolute Gasteiger partial charge is 0.480 e. The molecule has 3 heterocycles. The maximum absolute atomic E-state index is 14.8. The number of nitrogens with two attached hydrogens (primary N) is 1. The zero-order valence-electron chi connectivity index (χ0n) is 17.2. The molecule has 3 aromatic heterocycles. The number of hydrogen-bond donors (Lipinski definition) is 2. The summed E-state index contributed by atoms with van der Waals surface area (Å²) in [4.78, 5) is 6.57. The zero-order chi connectivity index (χ0) is 21.1. The summed E-state index contributed by atoms with van der Waals surface area (Å²) in [6, 6.07) is 5.58. The number of rotatable bonds is 5. The van der Waals surface area contributed by atoms with Gasteiger partial charge >= 0.3 is 0 Å². The van der Waals surface area contributed by atoms with E-state index < -0.39 is 5.82 Å². The summed E-state index contributed by atoms with van der Waals surface area (Å²) in [6.45, 7) is 0. The summed E-state index contributed by atoms with van der Waals surface area (Å²) in [5, 5.41) is 15.2. The van der Waals surface area contributed by atoms with E-state index in [1.54, 1.807) is 12.3 Å². The van der Waals surface area contributed by atoms with Crippen molar-refractivity contribution in [1.82, 2.24) is 25.4 Å². The van der Waals surface area contributed by atoms with Gasteiger partial charge in [-0.15, -0.1) is 10.2 Å². The van der Waals surface area contributed by atoms with Gasteiger partial charge in [0.05, 0.1) is 24.6 Å². The van der Waals surface area contributed by atoms with E-state index in [1.165, 1.54) is 32.2 Å². The Hall–Kier alpha value is -3.07. The molecule has 30 heavy (non-hydrogen) atoms. The van der Waals surface area contributed by atoms with E-state index in [-0.39, 0.29) is 17.5 Å². The van der Waals surface area contributed by atoms with Crippen LogP contribution in [0.3, 0.4) is 0 Å². The second kappa shape index (κ2) is 8.74. The molecule has 0 radical (unpaired) electrons. The van der Waals surface area contributed by atoms with Gasteiger partial charge in [0.1, 0.15) is 11.5 Å². The molecule has 1 unspecified atom stereocenters. The Kier molecular flexibility index (Phi) is 5.89. The standard InChI is InChI=1S/C21H26FN7O/c1-29(15-6-4-3-5-14(23)9-15)19-8-7-17(27-28-19)18-10-16(22)20(21(26-18)30-2)13-11-24-25-12-13/h7-8,10-12,14-15H,3-6,9,23H2,1-2H3,(H,24,25)/t14?,15-/m0/s1. The second-order valence-corrected chi connectivity index (χ2v) is 7.68. The van der Waals surface area contributed by atoms with E-state index in [1.807, 2.05) is 13.1 Å². The highest BCUT2D eigenvalue weighted by atomic mass is 19.1. The number of aromatic nitrogens is 5. The van der Waals surface area contributed by atoms with Gasteiger partial charge in [0.2, 0.25) is 5.88 Å². The van der Waals surface area contributed by atoms with Crippen LogP contribution in [0.4, 0.5) is 10.2 Å². The summed E-state index contributed by atoms with van der Waals surface area (Å²) in [7, 11) is 3.48. The molecule has 0 spiro atoms. The van der Waals surface area contributed by atoms with Crippen molar-refractivity contribution in [3.05, 3.63) is 36.4 Å². The number of H-pyrrole nitrogens is 1. The van der Waals surface area contributed by atoms with Crippen LogP contribution in [0.1, 0.15) is 32.1 Å². The molecule has 1 aliphatic rings. The van der Waals surface area contributed by atoms with Gasteiger partial charge in [0, 0.05) is 37.0 Å². The molecular weight excluding hydrogens is 385 g/mol. The predicted octanol–water partition coefficient (Wildman–Crippen LogP) is 3.17. The molecule has 3 aromatic rings. The molecule has 0 aliphatic heterocycles. The third kappa shape index (κ3) is 4.11. The van der Waals surface area contributed by atoms with Gasteiger partial charge in [-0.3, -0.25) is 5.10 Å². The normalized spacial score (nSPS) is 19.3. The highest BCUT2D eigenvalue weighted by molar-refractivity contribution is 5.71. The molecule has 8 nitrogen and oxygen atoms in total. The van der Waals surface area contributed by atoms with Crippen LogP contribution in [-0.2, 0) is 0 Å². The van der Waals surface area contributed by atoms with Crippen molar-refractivity contribution in [2.75, 3.05) is 19.1 Å². The quantitative estimate of drug-likeness (QED) is 0.621. The molecule has 2 atom stereocenters. The number of nitrogens with one attached hydrogen (secondary N) is 1. The minimum absolute atomic E-state index is 0.168. The van der Waals surface area contributed by atoms with Gasteiger partial charge in [-0.05, 0) is 31.4 Å². The van der Waals surface area contributed by atoms with Crippen LogP contribution < -0.4 is 15.4 Å². The predicted molar refractivity (Wildman–Crippen MR) is 113 cm³/mol. The molecule has 1 fully saturated rings. The maximum atomic E-state index is 14.8. The fourth-order valence-corrected chi connectivity index (χ4v) is 3.98. The zero-order valence-corrected chi connectivity index (χ0v) is 17.2. The van der Waals surface area contributed by atoms with Crippen LogP contribution in [0.5, 0.6) is 5.88 Å². The fraction of sp³-hybridized carbons (Fsp3) is 0.429. The van der Waals surface area contributed by atoms with Crippen molar-refractivity contribution < 1.29 is 9.13 Å². The molecule has 0 amide bonds. The third-order valence-corrected chi connectivity index (χ3v) is 5.68. The van der Waals surface area contributed by atoms with Crippen LogP contribution in [0.15, 0.2) is 30.6 Å². The molecule has 0 aromatic carbocycles. The minimum atomic E-state index is -0.464. The smallest absolute Gasteiger partial charge is 0.224 e. The van der Waals surface area contributed by atoms with Crippen molar-refractivity contribution in [2.24, 2.45) is 5.73 Å². The average Bonchev–Trinajstić information content (AvgIpc) is 3.20. The molecule has 3 N–H and O–H groups in total. The maximum Gasteiger partial charge on any atom is 0.224 e. The van der Waals surface area contributed by atoms with Gasteiger partial charge in [-0.1, -0.05) is 12.8 Å². The highest BCUT2D eigenvalue weighted by Gasteiger charge is 2.23. The first-order valence-corrected chi connectivity index (χ1v) is 10.1. The number of hydrogen-bond acceptors (Lipinski definition) is 7. The van der Waals surface area contributed by atoms with Gasteiger partial charge in [0.25, 0.3) is 0 Å². The second-order valence-electron chi connectivity index (χ2n) is 7.68. The Bertz CT molecular complexity index is 978. The lowest BCUT2D eigenvalue weighted by atomic mass is 10.1. The number of halogens is 1. The molecule has 158 valence electrons. The lowest BCUT2D eigenvalue weighted by Crippen LogP contribution is -2.36. The number of aromatic amines is 1. The molecule has 9 heteroatoms. The first-order chi connectivity index (χ1) is 14.6. The number of ether oxygens (including phenoxy) is 1. The van der Waals surface area contributed by atoms with Crippen LogP contribution in [0.2, 0.25) is 0 Å². The summed E-state index contributed by atoms with van der Waals surface area (Å²) < 4.78 is 20.2. The fourth-order valence-electron chi connectivity index (χ4n) is 3.98. The van der Waals surface area contributed by atoms with E-state index in [2.05, 4.69) is 30.3 Å². The summed E-state index contributed by atoms with van der Waals surface area (Å²) in [5.74, 6) is 0.468. The Balaban J connectivity index is 1.59. The third-order valence-electron chi connectivity index (χ3n) is 5.68. The lowest BCUT2D eigenvalue weighted by Gasteiger charge is -2.29. The summed E-state index contributed by atoms with van der Waals surface area (Å²) in [6.07, 6.45) is 8.55. The van der Waals surface area contributed by atoms with Crippen LogP contribution >= 0.6 is 0 Å². The van der Waals surface area contributed by atoms with Gasteiger partial charge in [-0.25, -0.2) is 9.37 Å². The van der Waals surface area contributed by atoms with Crippen molar-refractivity contribution in [1.29, 1.82) is 0 Å². The van der Waals surface area contributed by atoms with Crippen molar-refractivity contribution in [3.8, 4) is 28.4 Å². The minimum Gasteiger partial charge on any atom is -0.480 e. The SMILES string of the molecule is COc1nc(-c2ccc(N(C)[C@H]3CCCCC(N)C3)nn2)cc(F)c1-c1cn[nH]c1. The first-order valence-electron chi connectivity index (χ1n) is 10.1. The van der Waals surface area contributed by atoms with Crippen molar-refractivity contribution >= 4 is 5.82 Å². The molecular formula is C21H26FN7O. The van der Waals surface area contributed by atoms with Crippen LogP contribution in [0.25, 0.3) is 22.5 Å².